The van der Waals surface area contributed by atoms with Gasteiger partial charge in [0.05, 0.1) is 11.1 Å². The van der Waals surface area contributed by atoms with Gasteiger partial charge in [0, 0.05) is 11.6 Å². The molecule has 0 bridgehead atoms. The van der Waals surface area contributed by atoms with E-state index >= 15 is 0 Å². The Kier molecular flexibility index (Phi) is 3.84. The second kappa shape index (κ2) is 5.79. The molecule has 0 aliphatic carbocycles. The first-order valence-electron chi connectivity index (χ1n) is 7.03. The van der Waals surface area contributed by atoms with Crippen LogP contribution in [0.15, 0.2) is 60.8 Å². The minimum atomic E-state index is -4.29. The number of alkyl halides is 3. The summed E-state index contributed by atoms with van der Waals surface area (Å²) < 4.78 is 38.2. The van der Waals surface area contributed by atoms with E-state index in [1.54, 1.807) is 12.3 Å². The molecule has 0 radical (unpaired) electrons. The number of para-hydroxylation sites is 1. The van der Waals surface area contributed by atoms with Gasteiger partial charge in [-0.2, -0.15) is 13.2 Å². The van der Waals surface area contributed by atoms with E-state index in [0.717, 1.165) is 22.5 Å². The Labute approximate surface area is 126 Å². The second-order valence-electron chi connectivity index (χ2n) is 5.19. The number of rotatable bonds is 3. The maximum absolute atomic E-state index is 12.7. The van der Waals surface area contributed by atoms with Crippen molar-refractivity contribution in [3.63, 3.8) is 0 Å². The Morgan fingerprint density at radius 1 is 0.864 bits per heavy atom. The van der Waals surface area contributed by atoms with Crippen LogP contribution in [-0.2, 0) is 19.0 Å². The summed E-state index contributed by atoms with van der Waals surface area (Å²) in [5.74, 6) is 0. The predicted molar refractivity (Wildman–Crippen MR) is 80.6 cm³/mol. The maximum atomic E-state index is 12.7. The number of benzene rings is 2. The van der Waals surface area contributed by atoms with Gasteiger partial charge >= 0.3 is 6.18 Å². The van der Waals surface area contributed by atoms with Crippen molar-refractivity contribution < 1.29 is 13.2 Å². The van der Waals surface area contributed by atoms with Crippen molar-refractivity contribution in [2.24, 2.45) is 0 Å². The Morgan fingerprint density at radius 3 is 2.50 bits per heavy atom. The van der Waals surface area contributed by atoms with Crippen molar-refractivity contribution >= 4 is 10.9 Å². The molecule has 0 aliphatic heterocycles. The van der Waals surface area contributed by atoms with Gasteiger partial charge in [-0.25, -0.2) is 0 Å². The molecule has 0 N–H and O–H groups in total. The molecule has 0 aliphatic rings. The molecule has 1 heterocycles. The van der Waals surface area contributed by atoms with Crippen LogP contribution >= 0.6 is 0 Å². The third-order valence-corrected chi connectivity index (χ3v) is 3.68. The molecule has 3 aromatic rings. The van der Waals surface area contributed by atoms with Crippen LogP contribution in [0.25, 0.3) is 10.9 Å². The first-order valence-corrected chi connectivity index (χ1v) is 7.03. The standard InChI is InChI=1S/C18H14F3N/c19-18(20,21)15-5-3-4-13(12-15)8-9-14-10-11-22-17-7-2-1-6-16(14)17/h1-7,10-12H,8-9H2. The molecule has 2 aromatic carbocycles. The Balaban J connectivity index is 1.83. The van der Waals surface area contributed by atoms with Crippen LogP contribution in [0.4, 0.5) is 13.2 Å². The van der Waals surface area contributed by atoms with Crippen molar-refractivity contribution in [2.75, 3.05) is 0 Å². The van der Waals surface area contributed by atoms with Crippen molar-refractivity contribution in [1.29, 1.82) is 0 Å². The average molecular weight is 301 g/mol. The van der Waals surface area contributed by atoms with E-state index in [2.05, 4.69) is 4.98 Å². The van der Waals surface area contributed by atoms with Crippen LogP contribution in [0.5, 0.6) is 0 Å². The van der Waals surface area contributed by atoms with E-state index in [4.69, 9.17) is 0 Å². The molecule has 1 aromatic heterocycles. The summed E-state index contributed by atoms with van der Waals surface area (Å²) in [5, 5.41) is 1.05. The van der Waals surface area contributed by atoms with Crippen LogP contribution in [0.2, 0.25) is 0 Å². The largest absolute Gasteiger partial charge is 0.416 e. The molecular weight excluding hydrogens is 287 g/mol. The number of hydrogen-bond acceptors (Lipinski definition) is 1. The van der Waals surface area contributed by atoms with E-state index < -0.39 is 11.7 Å². The first kappa shape index (κ1) is 14.6. The van der Waals surface area contributed by atoms with Gasteiger partial charge in [0.1, 0.15) is 0 Å². The highest BCUT2D eigenvalue weighted by molar-refractivity contribution is 5.81. The lowest BCUT2D eigenvalue weighted by Crippen LogP contribution is -2.05. The maximum Gasteiger partial charge on any atom is 0.416 e. The van der Waals surface area contributed by atoms with Gasteiger partial charge in [-0.1, -0.05) is 36.4 Å². The van der Waals surface area contributed by atoms with E-state index in [1.165, 1.54) is 12.1 Å². The Hall–Kier alpha value is -2.36. The van der Waals surface area contributed by atoms with Crippen LogP contribution in [0, 0.1) is 0 Å². The fraction of sp³-hybridized carbons (Fsp3) is 0.167. The lowest BCUT2D eigenvalue weighted by Gasteiger charge is -2.09. The Bertz CT molecular complexity index is 788. The molecular formula is C18H14F3N. The molecule has 0 spiro atoms. The van der Waals surface area contributed by atoms with E-state index in [9.17, 15) is 13.2 Å². The normalized spacial score (nSPS) is 11.8. The van der Waals surface area contributed by atoms with Gasteiger partial charge in [0.15, 0.2) is 0 Å². The zero-order valence-corrected chi connectivity index (χ0v) is 11.8. The number of aromatic nitrogens is 1. The number of aryl methyl sites for hydroxylation is 2. The number of nitrogens with zero attached hydrogens (tertiary/aromatic N) is 1. The fourth-order valence-electron chi connectivity index (χ4n) is 2.56. The summed E-state index contributed by atoms with van der Waals surface area (Å²) in [6, 6.07) is 15.2. The van der Waals surface area contributed by atoms with Crippen molar-refractivity contribution in [3.05, 3.63) is 77.5 Å². The average Bonchev–Trinajstić information content (AvgIpc) is 2.52. The van der Waals surface area contributed by atoms with E-state index in [1.807, 2.05) is 30.3 Å². The van der Waals surface area contributed by atoms with Crippen molar-refractivity contribution in [3.8, 4) is 0 Å². The quantitative estimate of drug-likeness (QED) is 0.660. The summed E-state index contributed by atoms with van der Waals surface area (Å²) in [7, 11) is 0. The van der Waals surface area contributed by atoms with Crippen molar-refractivity contribution in [1.82, 2.24) is 4.98 Å². The summed E-state index contributed by atoms with van der Waals surface area (Å²) in [4.78, 5) is 4.29. The van der Waals surface area contributed by atoms with Gasteiger partial charge < -0.3 is 0 Å². The SMILES string of the molecule is FC(F)(F)c1cccc(CCc2ccnc3ccccc23)c1. The highest BCUT2D eigenvalue weighted by Crippen LogP contribution is 2.30. The molecule has 0 fully saturated rings. The molecule has 0 saturated heterocycles. The smallest absolute Gasteiger partial charge is 0.256 e. The highest BCUT2D eigenvalue weighted by atomic mass is 19.4. The predicted octanol–water partition coefficient (Wildman–Crippen LogP) is 5.04. The minimum absolute atomic E-state index is 0.567. The van der Waals surface area contributed by atoms with E-state index in [0.29, 0.717) is 18.4 Å². The van der Waals surface area contributed by atoms with Crippen LogP contribution < -0.4 is 0 Å². The zero-order valence-electron chi connectivity index (χ0n) is 11.8. The monoisotopic (exact) mass is 301 g/mol. The van der Waals surface area contributed by atoms with Gasteiger partial charge in [0.2, 0.25) is 0 Å². The van der Waals surface area contributed by atoms with Gasteiger partial charge in [-0.05, 0) is 42.2 Å². The number of halogens is 3. The molecule has 3 rings (SSSR count). The lowest BCUT2D eigenvalue weighted by molar-refractivity contribution is -0.137. The molecule has 0 unspecified atom stereocenters. The molecule has 0 amide bonds. The summed E-state index contributed by atoms with van der Waals surface area (Å²) >= 11 is 0. The van der Waals surface area contributed by atoms with Gasteiger partial charge in [-0.15, -0.1) is 0 Å². The van der Waals surface area contributed by atoms with Gasteiger partial charge in [0.25, 0.3) is 0 Å². The third-order valence-electron chi connectivity index (χ3n) is 3.68. The van der Waals surface area contributed by atoms with Crippen LogP contribution in [-0.4, -0.2) is 4.98 Å². The summed E-state index contributed by atoms with van der Waals surface area (Å²) in [6.07, 6.45) is -1.30. The van der Waals surface area contributed by atoms with Gasteiger partial charge in [-0.3, -0.25) is 4.98 Å². The molecule has 0 atom stereocenters. The van der Waals surface area contributed by atoms with Crippen molar-refractivity contribution in [2.45, 2.75) is 19.0 Å². The topological polar surface area (TPSA) is 12.9 Å². The highest BCUT2D eigenvalue weighted by Gasteiger charge is 2.30. The molecule has 4 heteroatoms. The molecule has 22 heavy (non-hydrogen) atoms. The Morgan fingerprint density at radius 2 is 1.68 bits per heavy atom. The number of fused-ring (bicyclic) bond motifs is 1. The minimum Gasteiger partial charge on any atom is -0.256 e. The second-order valence-corrected chi connectivity index (χ2v) is 5.19. The number of hydrogen-bond donors (Lipinski definition) is 0. The zero-order chi connectivity index (χ0) is 15.6. The molecule has 1 nitrogen and oxygen atoms in total. The van der Waals surface area contributed by atoms with E-state index in [-0.39, 0.29) is 0 Å². The van der Waals surface area contributed by atoms with Crippen LogP contribution in [0.3, 0.4) is 0 Å². The summed E-state index contributed by atoms with van der Waals surface area (Å²) in [6.45, 7) is 0. The fourth-order valence-corrected chi connectivity index (χ4v) is 2.56. The molecule has 112 valence electrons. The third kappa shape index (κ3) is 3.11. The molecule has 0 saturated carbocycles. The first-order chi connectivity index (χ1) is 10.5. The van der Waals surface area contributed by atoms with Crippen LogP contribution in [0.1, 0.15) is 16.7 Å². The number of pyridine rings is 1. The summed E-state index contributed by atoms with van der Waals surface area (Å²) in [5.41, 5.74) is 2.10. The lowest BCUT2D eigenvalue weighted by atomic mass is 10.00.